The highest BCUT2D eigenvalue weighted by atomic mass is 79.9. The van der Waals surface area contributed by atoms with Crippen molar-refractivity contribution in [2.45, 2.75) is 0 Å². The minimum atomic E-state index is -0.546. The molecule has 2 aliphatic heterocycles. The molecule has 0 spiro atoms. The molecule has 8 nitrogen and oxygen atoms in total. The van der Waals surface area contributed by atoms with E-state index in [0.717, 1.165) is 21.1 Å². The molecule has 2 aliphatic rings. The van der Waals surface area contributed by atoms with Gasteiger partial charge in [0, 0.05) is 21.8 Å². The van der Waals surface area contributed by atoms with Crippen molar-refractivity contribution < 1.29 is 28.6 Å². The maximum atomic E-state index is 12.8. The van der Waals surface area contributed by atoms with Crippen LogP contribution in [0.5, 0.6) is 17.2 Å². The monoisotopic (exact) mass is 582 g/mol. The molecule has 32 heavy (non-hydrogen) atoms. The second-order valence-corrected chi connectivity index (χ2v) is 9.45. The first-order chi connectivity index (χ1) is 15.4. The molecule has 2 aromatic rings. The van der Waals surface area contributed by atoms with Crippen LogP contribution < -0.4 is 19.5 Å². The number of fused-ring (bicyclic) bond motifs is 1. The fraction of sp³-hybridized carbons (Fsp3) is 0.190. The van der Waals surface area contributed by atoms with Crippen LogP contribution in [0, 0.1) is 0 Å². The molecule has 1 fully saturated rings. The molecule has 0 radical (unpaired) electrons. The van der Waals surface area contributed by atoms with Gasteiger partial charge in [-0.15, -0.1) is 0 Å². The normalized spacial score (nSPS) is 16.5. The Morgan fingerprint density at radius 3 is 2.69 bits per heavy atom. The lowest BCUT2D eigenvalue weighted by atomic mass is 10.2. The molecule has 1 N–H and O–H groups in total. The highest BCUT2D eigenvalue weighted by molar-refractivity contribution is 9.11. The van der Waals surface area contributed by atoms with Gasteiger partial charge in [0.2, 0.25) is 5.91 Å². The Morgan fingerprint density at radius 2 is 1.94 bits per heavy atom. The zero-order chi connectivity index (χ0) is 22.8. The summed E-state index contributed by atoms with van der Waals surface area (Å²) in [6, 6.07) is 8.57. The quantitative estimate of drug-likeness (QED) is 0.511. The molecule has 166 valence electrons. The van der Waals surface area contributed by atoms with Crippen molar-refractivity contribution in [3.63, 3.8) is 0 Å². The van der Waals surface area contributed by atoms with Crippen LogP contribution in [0.3, 0.4) is 0 Å². The molecule has 0 atom stereocenters. The maximum absolute atomic E-state index is 12.8. The summed E-state index contributed by atoms with van der Waals surface area (Å²) >= 11 is 7.58. The average molecular weight is 584 g/mol. The number of nitrogens with zero attached hydrogens (tertiary/aromatic N) is 1. The number of benzene rings is 2. The number of hydrogen-bond donors (Lipinski definition) is 1. The van der Waals surface area contributed by atoms with Crippen LogP contribution in [0.15, 0.2) is 44.2 Å². The number of rotatable bonds is 5. The Balaban J connectivity index is 1.48. The number of methoxy groups -OCH3 is 1. The van der Waals surface area contributed by atoms with Gasteiger partial charge in [-0.05, 0) is 58.0 Å². The van der Waals surface area contributed by atoms with Gasteiger partial charge in [0.15, 0.2) is 11.5 Å². The summed E-state index contributed by atoms with van der Waals surface area (Å²) in [5.74, 6) is 0.594. The van der Waals surface area contributed by atoms with Crippen LogP contribution in [0.1, 0.15) is 5.56 Å². The average Bonchev–Trinajstić information content (AvgIpc) is 3.00. The van der Waals surface area contributed by atoms with Crippen LogP contribution in [0.25, 0.3) is 6.08 Å². The lowest BCUT2D eigenvalue weighted by Gasteiger charge is -2.19. The Bertz CT molecular complexity index is 1150. The van der Waals surface area contributed by atoms with E-state index in [1.165, 1.54) is 7.11 Å². The number of thioether (sulfide) groups is 1. The molecule has 11 heteroatoms. The largest absolute Gasteiger partial charge is 0.495 e. The van der Waals surface area contributed by atoms with Gasteiger partial charge in [-0.25, -0.2) is 0 Å². The molecule has 3 amide bonds. The molecule has 0 bridgehead atoms. The van der Waals surface area contributed by atoms with Crippen molar-refractivity contribution in [2.75, 3.05) is 32.2 Å². The summed E-state index contributed by atoms with van der Waals surface area (Å²) in [6.07, 6.45) is 1.57. The van der Waals surface area contributed by atoms with Gasteiger partial charge in [-0.1, -0.05) is 15.9 Å². The summed E-state index contributed by atoms with van der Waals surface area (Å²) in [4.78, 5) is 38.8. The highest BCUT2D eigenvalue weighted by Gasteiger charge is 2.36. The molecule has 4 rings (SSSR count). The molecule has 0 aliphatic carbocycles. The first-order valence-corrected chi connectivity index (χ1v) is 11.7. The van der Waals surface area contributed by atoms with E-state index in [0.29, 0.717) is 46.2 Å². The van der Waals surface area contributed by atoms with E-state index >= 15 is 0 Å². The lowest BCUT2D eigenvalue weighted by Crippen LogP contribution is -2.36. The SMILES string of the molecule is COc1c(Br)cc(Br)cc1/C=C1/SC(=O)N(CC(=O)Nc2ccc3c(c2)OCCO3)C1=O. The second kappa shape index (κ2) is 9.55. The first-order valence-electron chi connectivity index (χ1n) is 9.33. The van der Waals surface area contributed by atoms with Crippen LogP contribution >= 0.6 is 43.6 Å². The number of carbonyl (C=O) groups is 3. The third kappa shape index (κ3) is 4.79. The van der Waals surface area contributed by atoms with Crippen LogP contribution in [0.4, 0.5) is 10.5 Å². The van der Waals surface area contributed by atoms with Gasteiger partial charge in [-0.2, -0.15) is 0 Å². The van der Waals surface area contributed by atoms with Gasteiger partial charge < -0.3 is 19.5 Å². The number of ether oxygens (including phenoxy) is 3. The van der Waals surface area contributed by atoms with Gasteiger partial charge in [-0.3, -0.25) is 19.3 Å². The van der Waals surface area contributed by atoms with Crippen LogP contribution in [-0.4, -0.2) is 48.8 Å². The van der Waals surface area contributed by atoms with Crippen molar-refractivity contribution in [3.8, 4) is 17.2 Å². The van der Waals surface area contributed by atoms with Crippen molar-refractivity contribution in [1.82, 2.24) is 4.90 Å². The number of nitrogens with one attached hydrogen (secondary N) is 1. The molecule has 0 unspecified atom stereocenters. The van der Waals surface area contributed by atoms with Gasteiger partial charge in [0.05, 0.1) is 16.5 Å². The minimum absolute atomic E-state index is 0.199. The number of imide groups is 1. The molecule has 0 aromatic heterocycles. The zero-order valence-corrected chi connectivity index (χ0v) is 20.6. The Morgan fingerprint density at radius 1 is 1.19 bits per heavy atom. The molecule has 0 saturated carbocycles. The zero-order valence-electron chi connectivity index (χ0n) is 16.6. The van der Waals surface area contributed by atoms with Gasteiger partial charge in [0.25, 0.3) is 11.1 Å². The number of carbonyl (C=O) groups excluding carboxylic acids is 3. The van der Waals surface area contributed by atoms with Crippen molar-refractivity contribution >= 4 is 72.4 Å². The second-order valence-electron chi connectivity index (χ2n) is 6.68. The van der Waals surface area contributed by atoms with E-state index in [4.69, 9.17) is 14.2 Å². The number of halogens is 2. The van der Waals surface area contributed by atoms with Crippen molar-refractivity contribution in [3.05, 3.63) is 49.7 Å². The van der Waals surface area contributed by atoms with Crippen LogP contribution in [-0.2, 0) is 9.59 Å². The molecule has 2 aromatic carbocycles. The Kier molecular flexibility index (Phi) is 6.77. The van der Waals surface area contributed by atoms with E-state index in [9.17, 15) is 14.4 Å². The van der Waals surface area contributed by atoms with E-state index in [1.54, 1.807) is 30.3 Å². The van der Waals surface area contributed by atoms with Crippen LogP contribution in [0.2, 0.25) is 0 Å². The number of hydrogen-bond acceptors (Lipinski definition) is 7. The third-order valence-electron chi connectivity index (χ3n) is 4.53. The summed E-state index contributed by atoms with van der Waals surface area (Å²) < 4.78 is 17.8. The predicted molar refractivity (Wildman–Crippen MR) is 127 cm³/mol. The van der Waals surface area contributed by atoms with Gasteiger partial charge in [0.1, 0.15) is 25.5 Å². The molecule has 1 saturated heterocycles. The molecule has 2 heterocycles. The third-order valence-corrected chi connectivity index (χ3v) is 6.48. The summed E-state index contributed by atoms with van der Waals surface area (Å²) in [7, 11) is 1.51. The van der Waals surface area contributed by atoms with E-state index in [1.807, 2.05) is 6.07 Å². The Hall–Kier alpha value is -2.50. The fourth-order valence-electron chi connectivity index (χ4n) is 3.15. The highest BCUT2D eigenvalue weighted by Crippen LogP contribution is 2.38. The molecular formula is C21H16Br2N2O6S. The summed E-state index contributed by atoms with van der Waals surface area (Å²) in [5, 5.41) is 2.15. The maximum Gasteiger partial charge on any atom is 0.294 e. The van der Waals surface area contributed by atoms with Gasteiger partial charge >= 0.3 is 0 Å². The summed E-state index contributed by atoms with van der Waals surface area (Å²) in [6.45, 7) is 0.483. The van der Waals surface area contributed by atoms with E-state index in [2.05, 4.69) is 37.2 Å². The number of anilines is 1. The summed E-state index contributed by atoms with van der Waals surface area (Å²) in [5.41, 5.74) is 1.09. The van der Waals surface area contributed by atoms with Crippen molar-refractivity contribution in [2.24, 2.45) is 0 Å². The van der Waals surface area contributed by atoms with E-state index in [-0.39, 0.29) is 4.91 Å². The van der Waals surface area contributed by atoms with Crippen molar-refractivity contribution in [1.29, 1.82) is 0 Å². The topological polar surface area (TPSA) is 94.2 Å². The van der Waals surface area contributed by atoms with E-state index < -0.39 is 23.6 Å². The first kappa shape index (κ1) is 22.7. The smallest absolute Gasteiger partial charge is 0.294 e. The minimum Gasteiger partial charge on any atom is -0.495 e. The Labute approximate surface area is 204 Å². The predicted octanol–water partition coefficient (Wildman–Crippen LogP) is 4.67. The number of amides is 3. The fourth-order valence-corrected chi connectivity index (χ4v) is 5.39. The standard InChI is InChI=1S/C21H16Br2N2O6S/c1-29-19-11(6-12(22)8-14(19)23)7-17-20(27)25(21(28)32-17)10-18(26)24-13-2-3-15-16(9-13)31-5-4-30-15/h2-3,6-9H,4-5,10H2,1H3,(H,24,26)/b17-7+. The lowest BCUT2D eigenvalue weighted by molar-refractivity contribution is -0.127. The molecular weight excluding hydrogens is 568 g/mol.